The van der Waals surface area contributed by atoms with Crippen molar-refractivity contribution in [2.45, 2.75) is 0 Å². The summed E-state index contributed by atoms with van der Waals surface area (Å²) in [6.45, 7) is -0.508. The number of halogens is 2. The van der Waals surface area contributed by atoms with Crippen molar-refractivity contribution in [2.24, 2.45) is 5.73 Å². The van der Waals surface area contributed by atoms with E-state index in [0.29, 0.717) is 22.3 Å². The van der Waals surface area contributed by atoms with Crippen LogP contribution in [0.25, 0.3) is 6.08 Å². The fourth-order valence-corrected chi connectivity index (χ4v) is 3.83. The molecule has 31 heavy (non-hydrogen) atoms. The molecule has 0 unspecified atom stereocenters. The number of methoxy groups -OCH3 is 1. The average molecular weight is 481 g/mol. The van der Waals surface area contributed by atoms with Crippen molar-refractivity contribution in [1.29, 1.82) is 0 Å². The van der Waals surface area contributed by atoms with Gasteiger partial charge in [-0.3, -0.25) is 19.3 Å². The molecule has 8 nitrogen and oxygen atoms in total. The fourth-order valence-electron chi connectivity index (χ4n) is 2.60. The third-order valence-corrected chi connectivity index (χ3v) is 5.45. The number of carbonyl (C=O) groups is 4. The minimum atomic E-state index is -0.805. The highest BCUT2D eigenvalue weighted by atomic mass is 35.5. The summed E-state index contributed by atoms with van der Waals surface area (Å²) < 4.78 is 10.6. The Morgan fingerprint density at radius 1 is 1.16 bits per heavy atom. The smallest absolute Gasteiger partial charge is 0.343 e. The van der Waals surface area contributed by atoms with Gasteiger partial charge in [0, 0.05) is 5.02 Å². The van der Waals surface area contributed by atoms with E-state index in [0.717, 1.165) is 4.90 Å². The second-order valence-corrected chi connectivity index (χ2v) is 8.00. The number of amides is 3. The molecular formula is C20H14Cl2N2O6S. The van der Waals surface area contributed by atoms with Crippen LogP contribution >= 0.6 is 35.0 Å². The van der Waals surface area contributed by atoms with Crippen LogP contribution in [0.3, 0.4) is 0 Å². The zero-order valence-corrected chi connectivity index (χ0v) is 18.2. The Kier molecular flexibility index (Phi) is 6.89. The number of hydrogen-bond donors (Lipinski definition) is 1. The van der Waals surface area contributed by atoms with E-state index in [9.17, 15) is 19.2 Å². The number of rotatable bonds is 6. The number of ether oxygens (including phenoxy) is 2. The summed E-state index contributed by atoms with van der Waals surface area (Å²) in [6, 6.07) is 9.02. The Bertz CT molecular complexity index is 1120. The summed E-state index contributed by atoms with van der Waals surface area (Å²) in [5.74, 6) is -2.00. The molecule has 3 rings (SSSR count). The van der Waals surface area contributed by atoms with E-state index in [2.05, 4.69) is 0 Å². The molecule has 1 aliphatic heterocycles. The van der Waals surface area contributed by atoms with Crippen LogP contribution < -0.4 is 15.2 Å². The maximum Gasteiger partial charge on any atom is 0.343 e. The number of nitrogens with zero attached hydrogens (tertiary/aromatic N) is 1. The lowest BCUT2D eigenvalue weighted by molar-refractivity contribution is -0.127. The first kappa shape index (κ1) is 22.7. The van der Waals surface area contributed by atoms with Crippen molar-refractivity contribution in [3.8, 4) is 11.5 Å². The number of primary amides is 1. The molecule has 2 aromatic rings. The Labute approximate surface area is 190 Å². The molecule has 1 saturated heterocycles. The molecule has 2 aromatic carbocycles. The number of carbonyl (C=O) groups excluding carboxylic acids is 4. The molecule has 1 fully saturated rings. The van der Waals surface area contributed by atoms with Gasteiger partial charge in [0.05, 0.1) is 22.6 Å². The molecule has 1 aliphatic rings. The first-order valence-electron chi connectivity index (χ1n) is 8.58. The number of nitrogens with two attached hydrogens (primary N) is 1. The first-order chi connectivity index (χ1) is 14.7. The summed E-state index contributed by atoms with van der Waals surface area (Å²) in [6.07, 6.45) is 1.41. The highest BCUT2D eigenvalue weighted by Crippen LogP contribution is 2.39. The van der Waals surface area contributed by atoms with Gasteiger partial charge in [0.2, 0.25) is 5.91 Å². The minimum absolute atomic E-state index is 0.0110. The normalized spacial score (nSPS) is 14.8. The quantitative estimate of drug-likeness (QED) is 0.380. The molecule has 0 bridgehead atoms. The Morgan fingerprint density at radius 3 is 2.45 bits per heavy atom. The Balaban J connectivity index is 1.87. The molecule has 160 valence electrons. The number of esters is 1. The van der Waals surface area contributed by atoms with Crippen molar-refractivity contribution in [3.63, 3.8) is 0 Å². The monoisotopic (exact) mass is 480 g/mol. The van der Waals surface area contributed by atoms with Gasteiger partial charge in [0.15, 0.2) is 11.5 Å². The highest BCUT2D eigenvalue weighted by molar-refractivity contribution is 8.18. The van der Waals surface area contributed by atoms with E-state index in [4.69, 9.17) is 38.4 Å². The standard InChI is InChI=1S/C20H14Cl2N2O6S/c1-29-14-7-10(8-15-18(26)24(9-16(23)25)20(28)31-15)6-13(22)17(14)30-19(27)11-2-4-12(21)5-3-11/h2-8H,9H2,1H3,(H2,23,25)/b15-8-. The Hall–Kier alpha value is -3.01. The molecule has 1 heterocycles. The van der Waals surface area contributed by atoms with Crippen LogP contribution in [0.5, 0.6) is 11.5 Å². The van der Waals surface area contributed by atoms with Crippen LogP contribution in [-0.2, 0) is 9.59 Å². The van der Waals surface area contributed by atoms with Gasteiger partial charge < -0.3 is 15.2 Å². The summed E-state index contributed by atoms with van der Waals surface area (Å²) >= 11 is 12.8. The van der Waals surface area contributed by atoms with Gasteiger partial charge >= 0.3 is 5.97 Å². The predicted molar refractivity (Wildman–Crippen MR) is 116 cm³/mol. The summed E-state index contributed by atoms with van der Waals surface area (Å²) in [5, 5.41) is -0.0948. The number of benzene rings is 2. The third kappa shape index (κ3) is 5.19. The number of imide groups is 1. The lowest BCUT2D eigenvalue weighted by Crippen LogP contribution is -2.36. The molecule has 0 saturated carbocycles. The molecule has 0 atom stereocenters. The highest BCUT2D eigenvalue weighted by Gasteiger charge is 2.36. The van der Waals surface area contributed by atoms with Gasteiger partial charge in [-0.2, -0.15) is 0 Å². The van der Waals surface area contributed by atoms with Crippen LogP contribution in [0.15, 0.2) is 41.3 Å². The van der Waals surface area contributed by atoms with Crippen LogP contribution in [-0.4, -0.2) is 41.6 Å². The fraction of sp³-hybridized carbons (Fsp3) is 0.100. The maximum atomic E-state index is 12.4. The number of thioether (sulfide) groups is 1. The van der Waals surface area contributed by atoms with Crippen LogP contribution in [0, 0.1) is 0 Å². The van der Waals surface area contributed by atoms with Gasteiger partial charge in [-0.15, -0.1) is 0 Å². The molecule has 0 aliphatic carbocycles. The summed E-state index contributed by atoms with van der Waals surface area (Å²) in [4.78, 5) is 48.6. The zero-order valence-electron chi connectivity index (χ0n) is 15.9. The molecule has 0 spiro atoms. The summed E-state index contributed by atoms with van der Waals surface area (Å²) in [7, 11) is 1.36. The summed E-state index contributed by atoms with van der Waals surface area (Å²) in [5.41, 5.74) is 5.74. The Morgan fingerprint density at radius 2 is 1.84 bits per heavy atom. The molecule has 3 amide bonds. The largest absolute Gasteiger partial charge is 0.493 e. The van der Waals surface area contributed by atoms with E-state index < -0.39 is 29.6 Å². The topological polar surface area (TPSA) is 116 Å². The van der Waals surface area contributed by atoms with Crippen LogP contribution in [0.2, 0.25) is 10.0 Å². The minimum Gasteiger partial charge on any atom is -0.493 e. The zero-order chi connectivity index (χ0) is 22.7. The molecule has 0 radical (unpaired) electrons. The molecule has 0 aromatic heterocycles. The van der Waals surface area contributed by atoms with E-state index in [1.165, 1.54) is 37.5 Å². The molecular weight excluding hydrogens is 467 g/mol. The van der Waals surface area contributed by atoms with E-state index in [-0.39, 0.29) is 27.0 Å². The predicted octanol–water partition coefficient (Wildman–Crippen LogP) is 3.74. The van der Waals surface area contributed by atoms with Crippen molar-refractivity contribution in [1.82, 2.24) is 4.90 Å². The van der Waals surface area contributed by atoms with Gasteiger partial charge in [-0.05, 0) is 59.8 Å². The lowest BCUT2D eigenvalue weighted by atomic mass is 10.1. The molecule has 11 heteroatoms. The molecule has 2 N–H and O–H groups in total. The second-order valence-electron chi connectivity index (χ2n) is 6.16. The van der Waals surface area contributed by atoms with Crippen LogP contribution in [0.1, 0.15) is 15.9 Å². The van der Waals surface area contributed by atoms with E-state index >= 15 is 0 Å². The van der Waals surface area contributed by atoms with Gasteiger partial charge in [-0.25, -0.2) is 4.79 Å². The van der Waals surface area contributed by atoms with Crippen molar-refractivity contribution >= 4 is 64.1 Å². The van der Waals surface area contributed by atoms with Crippen molar-refractivity contribution in [3.05, 3.63) is 62.5 Å². The van der Waals surface area contributed by atoms with Gasteiger partial charge in [0.1, 0.15) is 6.54 Å². The van der Waals surface area contributed by atoms with E-state index in [1.807, 2.05) is 0 Å². The SMILES string of the molecule is COc1cc(/C=C2\SC(=O)N(CC(N)=O)C2=O)cc(Cl)c1OC(=O)c1ccc(Cl)cc1. The van der Waals surface area contributed by atoms with E-state index in [1.54, 1.807) is 12.1 Å². The van der Waals surface area contributed by atoms with Crippen LogP contribution in [0.4, 0.5) is 4.79 Å². The second kappa shape index (κ2) is 9.42. The van der Waals surface area contributed by atoms with Crippen molar-refractivity contribution in [2.75, 3.05) is 13.7 Å². The first-order valence-corrected chi connectivity index (χ1v) is 10.2. The average Bonchev–Trinajstić information content (AvgIpc) is 2.97. The maximum absolute atomic E-state index is 12.4. The van der Waals surface area contributed by atoms with Crippen molar-refractivity contribution < 1.29 is 28.7 Å². The lowest BCUT2D eigenvalue weighted by Gasteiger charge is -2.12. The third-order valence-electron chi connectivity index (χ3n) is 4.01. The van der Waals surface area contributed by atoms with Gasteiger partial charge in [0.25, 0.3) is 11.1 Å². The number of hydrogen-bond acceptors (Lipinski definition) is 7. The van der Waals surface area contributed by atoms with Gasteiger partial charge in [-0.1, -0.05) is 23.2 Å².